The summed E-state index contributed by atoms with van der Waals surface area (Å²) in [6, 6.07) is 3.18. The third-order valence-electron chi connectivity index (χ3n) is 2.46. The van der Waals surface area contributed by atoms with Gasteiger partial charge in [0.15, 0.2) is 5.69 Å². The Bertz CT molecular complexity index is 639. The highest BCUT2D eigenvalue weighted by Gasteiger charge is 2.09. The highest BCUT2D eigenvalue weighted by Crippen LogP contribution is 2.09. The van der Waals surface area contributed by atoms with Crippen molar-refractivity contribution >= 4 is 17.7 Å². The number of hydrogen-bond donors (Lipinski definition) is 3. The summed E-state index contributed by atoms with van der Waals surface area (Å²) in [7, 11) is 0. The smallest absolute Gasteiger partial charge is 0.358 e. The van der Waals surface area contributed by atoms with Gasteiger partial charge in [0.2, 0.25) is 0 Å². The average molecular weight is 276 g/mol. The van der Waals surface area contributed by atoms with Crippen molar-refractivity contribution < 1.29 is 14.7 Å². The fraction of sp³-hybridized carbons (Fsp3) is 0.182. The number of carboxylic acids is 1. The molecule has 2 rings (SSSR count). The minimum Gasteiger partial charge on any atom is -0.476 e. The molecule has 0 bridgehead atoms. The third-order valence-corrected chi connectivity index (χ3v) is 2.46. The van der Waals surface area contributed by atoms with Crippen LogP contribution < -0.4 is 11.1 Å². The van der Waals surface area contributed by atoms with E-state index in [2.05, 4.69) is 20.6 Å². The summed E-state index contributed by atoms with van der Waals surface area (Å²) in [4.78, 5) is 25.8. The Kier molecular flexibility index (Phi) is 3.89. The van der Waals surface area contributed by atoms with Crippen LogP contribution in [-0.4, -0.2) is 43.5 Å². The van der Waals surface area contributed by atoms with Crippen LogP contribution in [0.15, 0.2) is 24.5 Å². The van der Waals surface area contributed by atoms with E-state index in [1.807, 2.05) is 0 Å². The van der Waals surface area contributed by atoms with Crippen LogP contribution in [0.4, 0.5) is 5.82 Å². The lowest BCUT2D eigenvalue weighted by Crippen LogP contribution is -2.18. The van der Waals surface area contributed by atoms with E-state index in [0.717, 1.165) is 0 Å². The van der Waals surface area contributed by atoms with Gasteiger partial charge in [0, 0.05) is 12.7 Å². The maximum Gasteiger partial charge on any atom is 0.358 e. The van der Waals surface area contributed by atoms with Crippen molar-refractivity contribution in [3.63, 3.8) is 0 Å². The molecule has 0 aliphatic heterocycles. The van der Waals surface area contributed by atoms with Gasteiger partial charge in [-0.05, 0) is 12.1 Å². The Hall–Kier alpha value is -2.97. The van der Waals surface area contributed by atoms with Gasteiger partial charge < -0.3 is 16.2 Å². The van der Waals surface area contributed by atoms with Crippen LogP contribution >= 0.6 is 0 Å². The first kappa shape index (κ1) is 13.5. The minimum atomic E-state index is -1.13. The number of rotatable bonds is 6. The zero-order valence-corrected chi connectivity index (χ0v) is 10.4. The Balaban J connectivity index is 1.96. The summed E-state index contributed by atoms with van der Waals surface area (Å²) in [6.45, 7) is 0.759. The van der Waals surface area contributed by atoms with E-state index in [1.165, 1.54) is 17.1 Å². The van der Waals surface area contributed by atoms with Crippen molar-refractivity contribution in [1.82, 2.24) is 20.0 Å². The molecule has 0 radical (unpaired) electrons. The van der Waals surface area contributed by atoms with E-state index in [0.29, 0.717) is 18.9 Å². The first-order chi connectivity index (χ1) is 9.58. The monoisotopic (exact) mass is 276 g/mol. The fourth-order valence-electron chi connectivity index (χ4n) is 1.54. The quantitative estimate of drug-likeness (QED) is 0.651. The van der Waals surface area contributed by atoms with Gasteiger partial charge in [-0.25, -0.2) is 14.5 Å². The number of aromatic carboxylic acids is 1. The van der Waals surface area contributed by atoms with Crippen molar-refractivity contribution in [2.75, 3.05) is 11.9 Å². The first-order valence-corrected chi connectivity index (χ1v) is 5.70. The number of hydrogen-bond acceptors (Lipinski definition) is 6. The second-order valence-electron chi connectivity index (χ2n) is 3.86. The van der Waals surface area contributed by atoms with E-state index < -0.39 is 11.9 Å². The lowest BCUT2D eigenvalue weighted by atomic mass is 10.2. The molecule has 0 aromatic carbocycles. The number of carbonyl (C=O) groups is 2. The molecule has 2 aromatic heterocycles. The predicted octanol–water partition coefficient (Wildman–Crippen LogP) is -0.418. The van der Waals surface area contributed by atoms with Gasteiger partial charge >= 0.3 is 5.97 Å². The number of pyridine rings is 1. The molecule has 0 fully saturated rings. The van der Waals surface area contributed by atoms with Gasteiger partial charge in [-0.2, -0.15) is 0 Å². The summed E-state index contributed by atoms with van der Waals surface area (Å²) >= 11 is 0. The van der Waals surface area contributed by atoms with E-state index in [-0.39, 0.29) is 11.3 Å². The molecule has 0 aliphatic carbocycles. The molecule has 104 valence electrons. The van der Waals surface area contributed by atoms with Gasteiger partial charge in [-0.3, -0.25) is 4.79 Å². The number of anilines is 1. The Labute approximate surface area is 113 Å². The molecule has 0 saturated heterocycles. The lowest BCUT2D eigenvalue weighted by Gasteiger charge is -2.08. The van der Waals surface area contributed by atoms with Crippen LogP contribution in [-0.2, 0) is 6.54 Å². The van der Waals surface area contributed by atoms with E-state index >= 15 is 0 Å². The fourth-order valence-corrected chi connectivity index (χ4v) is 1.54. The zero-order valence-electron chi connectivity index (χ0n) is 10.4. The number of carbonyl (C=O) groups excluding carboxylic acids is 1. The Morgan fingerprint density at radius 1 is 1.45 bits per heavy atom. The van der Waals surface area contributed by atoms with Gasteiger partial charge in [0.25, 0.3) is 5.91 Å². The number of aromatic nitrogens is 4. The Morgan fingerprint density at radius 3 is 2.90 bits per heavy atom. The zero-order chi connectivity index (χ0) is 14.5. The summed E-state index contributed by atoms with van der Waals surface area (Å²) in [5.74, 6) is -1.34. The molecular weight excluding hydrogens is 264 g/mol. The predicted molar refractivity (Wildman–Crippen MR) is 68.2 cm³/mol. The number of carboxylic acid groups (broad SMARTS) is 1. The maximum absolute atomic E-state index is 11.2. The summed E-state index contributed by atoms with van der Waals surface area (Å²) in [5, 5.41) is 18.8. The topological polar surface area (TPSA) is 136 Å². The summed E-state index contributed by atoms with van der Waals surface area (Å²) in [5.41, 5.74) is 5.39. The van der Waals surface area contributed by atoms with Crippen LogP contribution in [0.25, 0.3) is 0 Å². The standard InChI is InChI=1S/C11H12N6O3/c12-9(18)7-2-1-3-13-10(7)14-4-5-17-6-8(11(19)20)15-16-17/h1-3,6H,4-5H2,(H2,12,18)(H,13,14)(H,19,20). The minimum absolute atomic E-state index is 0.124. The molecule has 20 heavy (non-hydrogen) atoms. The number of nitrogens with zero attached hydrogens (tertiary/aromatic N) is 4. The molecule has 0 spiro atoms. The molecule has 0 aliphatic rings. The molecule has 2 heterocycles. The van der Waals surface area contributed by atoms with Crippen LogP contribution in [0.2, 0.25) is 0 Å². The summed E-state index contributed by atoms with van der Waals surface area (Å²) < 4.78 is 1.38. The first-order valence-electron chi connectivity index (χ1n) is 5.70. The molecule has 9 heteroatoms. The molecule has 4 N–H and O–H groups in total. The van der Waals surface area contributed by atoms with Crippen LogP contribution in [0.3, 0.4) is 0 Å². The van der Waals surface area contributed by atoms with Crippen LogP contribution in [0, 0.1) is 0 Å². The van der Waals surface area contributed by atoms with E-state index in [1.54, 1.807) is 12.1 Å². The van der Waals surface area contributed by atoms with Gasteiger partial charge in [-0.1, -0.05) is 5.21 Å². The van der Waals surface area contributed by atoms with Crippen molar-refractivity contribution in [2.45, 2.75) is 6.54 Å². The molecular formula is C11H12N6O3. The maximum atomic E-state index is 11.2. The van der Waals surface area contributed by atoms with Gasteiger partial charge in [0.05, 0.1) is 18.3 Å². The van der Waals surface area contributed by atoms with Crippen molar-refractivity contribution in [1.29, 1.82) is 0 Å². The van der Waals surface area contributed by atoms with Crippen LogP contribution in [0.5, 0.6) is 0 Å². The number of nitrogens with two attached hydrogens (primary N) is 1. The van der Waals surface area contributed by atoms with Crippen molar-refractivity contribution in [2.24, 2.45) is 5.73 Å². The van der Waals surface area contributed by atoms with E-state index in [4.69, 9.17) is 10.8 Å². The SMILES string of the molecule is NC(=O)c1cccnc1NCCn1cc(C(=O)O)nn1. The molecule has 2 aromatic rings. The molecule has 0 unspecified atom stereocenters. The van der Waals surface area contributed by atoms with Crippen molar-refractivity contribution in [3.8, 4) is 0 Å². The second-order valence-corrected chi connectivity index (χ2v) is 3.86. The largest absolute Gasteiger partial charge is 0.476 e. The average Bonchev–Trinajstić information content (AvgIpc) is 2.88. The Morgan fingerprint density at radius 2 is 2.25 bits per heavy atom. The van der Waals surface area contributed by atoms with Gasteiger partial charge in [-0.15, -0.1) is 5.10 Å². The highest BCUT2D eigenvalue weighted by molar-refractivity contribution is 5.97. The third kappa shape index (κ3) is 3.07. The number of primary amides is 1. The van der Waals surface area contributed by atoms with Gasteiger partial charge in [0.1, 0.15) is 5.82 Å². The normalized spacial score (nSPS) is 10.2. The van der Waals surface area contributed by atoms with E-state index in [9.17, 15) is 9.59 Å². The van der Waals surface area contributed by atoms with Crippen LogP contribution in [0.1, 0.15) is 20.8 Å². The van der Waals surface area contributed by atoms with Crippen molar-refractivity contribution in [3.05, 3.63) is 35.8 Å². The highest BCUT2D eigenvalue weighted by atomic mass is 16.4. The lowest BCUT2D eigenvalue weighted by molar-refractivity contribution is 0.0690. The molecule has 0 saturated carbocycles. The molecule has 0 atom stereocenters. The molecule has 1 amide bonds. The number of nitrogens with one attached hydrogen (secondary N) is 1. The second kappa shape index (κ2) is 5.78. The summed E-state index contributed by atoms with van der Waals surface area (Å²) in [6.07, 6.45) is 2.85. The number of amides is 1. The molecule has 9 nitrogen and oxygen atoms in total.